The van der Waals surface area contributed by atoms with Crippen LogP contribution in [-0.4, -0.2) is 34.4 Å². The van der Waals surface area contributed by atoms with E-state index in [2.05, 4.69) is 64.1 Å². The van der Waals surface area contributed by atoms with Crippen LogP contribution in [0.4, 0.5) is 0 Å². The quantitative estimate of drug-likeness (QED) is 0.676. The van der Waals surface area contributed by atoms with Gasteiger partial charge >= 0.3 is 0 Å². The third kappa shape index (κ3) is 3.28. The fraction of sp³-hybridized carbons (Fsp3) is 0.333. The lowest BCUT2D eigenvalue weighted by molar-refractivity contribution is 0.235. The molecule has 1 N–H and O–H groups in total. The number of nitrogens with one attached hydrogen (secondary N) is 1. The zero-order valence-corrected chi connectivity index (χ0v) is 17.3. The van der Waals surface area contributed by atoms with E-state index in [-0.39, 0.29) is 0 Å². The van der Waals surface area contributed by atoms with E-state index in [9.17, 15) is 0 Å². The maximum atomic E-state index is 9.14. The molecular weight excluding hydrogens is 376 g/mol. The Morgan fingerprint density at radius 1 is 1.17 bits per heavy atom. The molecule has 0 unspecified atom stereocenters. The second-order valence-electron chi connectivity index (χ2n) is 8.01. The average molecular weight is 401 g/mol. The summed E-state index contributed by atoms with van der Waals surface area (Å²) in [6.45, 7) is 0.977. The number of hydrogen-bond acceptors (Lipinski definition) is 5. The summed E-state index contributed by atoms with van der Waals surface area (Å²) in [7, 11) is 2.10. The summed E-state index contributed by atoms with van der Waals surface area (Å²) >= 11 is 1.55. The van der Waals surface area contributed by atoms with Crippen molar-refractivity contribution in [3.63, 3.8) is 0 Å². The minimum atomic E-state index is 0.613. The molecule has 29 heavy (non-hydrogen) atoms. The molecule has 2 bridgehead atoms. The molecule has 0 saturated carbocycles. The molecule has 2 aliphatic rings. The molecule has 0 spiro atoms. The van der Waals surface area contributed by atoms with Gasteiger partial charge in [0, 0.05) is 36.4 Å². The molecule has 2 aliphatic heterocycles. The monoisotopic (exact) mass is 400 g/mol. The van der Waals surface area contributed by atoms with Gasteiger partial charge in [0.2, 0.25) is 0 Å². The van der Waals surface area contributed by atoms with Crippen LogP contribution in [-0.2, 0) is 6.54 Å². The summed E-state index contributed by atoms with van der Waals surface area (Å²) in [4.78, 5) is 3.92. The summed E-state index contributed by atoms with van der Waals surface area (Å²) in [5.74, 6) is 0. The Balaban J connectivity index is 1.56. The highest BCUT2D eigenvalue weighted by Crippen LogP contribution is 2.42. The van der Waals surface area contributed by atoms with E-state index in [4.69, 9.17) is 5.26 Å². The number of aromatic nitrogens is 1. The van der Waals surface area contributed by atoms with E-state index in [0.29, 0.717) is 23.7 Å². The van der Waals surface area contributed by atoms with Crippen LogP contribution in [0, 0.1) is 11.3 Å². The van der Waals surface area contributed by atoms with Gasteiger partial charge in [0.15, 0.2) is 0 Å². The topological polar surface area (TPSA) is 52.0 Å². The predicted octanol–water partition coefficient (Wildman–Crippen LogP) is 4.67. The lowest BCUT2D eigenvalue weighted by atomic mass is 9.93. The number of nitriles is 1. The number of nitrogens with zero attached hydrogens (tertiary/aromatic N) is 3. The van der Waals surface area contributed by atoms with Gasteiger partial charge in [-0.05, 0) is 72.7 Å². The summed E-state index contributed by atoms with van der Waals surface area (Å²) in [6, 6.07) is 20.8. The Bertz CT molecular complexity index is 1040. The number of fused-ring (bicyclic) bond motifs is 2. The van der Waals surface area contributed by atoms with Gasteiger partial charge in [-0.1, -0.05) is 30.3 Å². The molecule has 5 heteroatoms. The number of rotatable bonds is 5. The molecule has 3 atom stereocenters. The minimum absolute atomic E-state index is 0.613. The van der Waals surface area contributed by atoms with Crippen LogP contribution >= 0.6 is 11.5 Å². The van der Waals surface area contributed by atoms with Crippen molar-refractivity contribution in [1.29, 1.82) is 5.26 Å². The zero-order valence-electron chi connectivity index (χ0n) is 16.5. The van der Waals surface area contributed by atoms with Crippen LogP contribution in [0.25, 0.3) is 21.6 Å². The highest BCUT2D eigenvalue weighted by atomic mass is 32.1. The van der Waals surface area contributed by atoms with Gasteiger partial charge in [0.1, 0.15) is 0 Å². The minimum Gasteiger partial charge on any atom is -0.315 e. The average Bonchev–Trinajstić information content (AvgIpc) is 3.51. The Morgan fingerprint density at radius 2 is 2.03 bits per heavy atom. The Kier molecular flexibility index (Phi) is 4.92. The van der Waals surface area contributed by atoms with Gasteiger partial charge in [0.25, 0.3) is 0 Å². The maximum absolute atomic E-state index is 9.14. The molecule has 0 radical (unpaired) electrons. The highest BCUT2D eigenvalue weighted by molar-refractivity contribution is 7.09. The highest BCUT2D eigenvalue weighted by Gasteiger charge is 2.45. The predicted molar refractivity (Wildman–Crippen MR) is 118 cm³/mol. The van der Waals surface area contributed by atoms with Gasteiger partial charge in [-0.3, -0.25) is 4.90 Å². The zero-order chi connectivity index (χ0) is 19.8. The van der Waals surface area contributed by atoms with Crippen LogP contribution < -0.4 is 5.32 Å². The first kappa shape index (κ1) is 18.5. The number of hydrogen-bond donors (Lipinski definition) is 1. The second-order valence-corrected chi connectivity index (χ2v) is 8.84. The van der Waals surface area contributed by atoms with E-state index in [1.165, 1.54) is 40.8 Å². The van der Waals surface area contributed by atoms with Crippen molar-refractivity contribution >= 4 is 11.5 Å². The molecule has 2 saturated heterocycles. The van der Waals surface area contributed by atoms with Crippen molar-refractivity contribution in [2.24, 2.45) is 0 Å². The third-order valence-electron chi connectivity index (χ3n) is 6.56. The number of likely N-dealkylation sites (N-methyl/N-ethyl adjacent to an activating group) is 1. The van der Waals surface area contributed by atoms with Gasteiger partial charge in [-0.15, -0.1) is 0 Å². The first-order chi connectivity index (χ1) is 14.3. The molecule has 1 aromatic heterocycles. The molecule has 0 aliphatic carbocycles. The second kappa shape index (κ2) is 7.72. The van der Waals surface area contributed by atoms with E-state index in [0.717, 1.165) is 12.1 Å². The normalized spacial score (nSPS) is 23.4. The summed E-state index contributed by atoms with van der Waals surface area (Å²) in [5.41, 5.74) is 5.70. The van der Waals surface area contributed by atoms with Crippen molar-refractivity contribution in [1.82, 2.24) is 14.6 Å². The standard InChI is InChI=1S/C24H24N4S/c1-26-21-13-19-9-10-22(21)28(19)15-18-3-2-4-20(24(18)23-11-12-27-29-23)17-7-5-16(14-25)6-8-17/h2-8,11-12,19,21-22,26H,9-10,13,15H2,1H3/t19-,21+,22+/m1/s1. The lowest BCUT2D eigenvalue weighted by Crippen LogP contribution is -2.38. The first-order valence-corrected chi connectivity index (χ1v) is 11.0. The van der Waals surface area contributed by atoms with Crippen LogP contribution in [0.3, 0.4) is 0 Å². The number of benzene rings is 2. The smallest absolute Gasteiger partial charge is 0.0991 e. The van der Waals surface area contributed by atoms with E-state index in [1.807, 2.05) is 18.3 Å². The summed E-state index contributed by atoms with van der Waals surface area (Å²) in [5, 5.41) is 12.7. The largest absolute Gasteiger partial charge is 0.315 e. The maximum Gasteiger partial charge on any atom is 0.0991 e. The molecular formula is C24H24N4S. The van der Waals surface area contributed by atoms with Crippen molar-refractivity contribution in [3.05, 3.63) is 65.9 Å². The van der Waals surface area contributed by atoms with Crippen LogP contribution in [0.5, 0.6) is 0 Å². The molecule has 3 heterocycles. The molecule has 0 amide bonds. The Morgan fingerprint density at radius 3 is 2.72 bits per heavy atom. The molecule has 3 aromatic rings. The molecule has 146 valence electrons. The molecule has 2 fully saturated rings. The van der Waals surface area contributed by atoms with Gasteiger partial charge < -0.3 is 5.32 Å². The molecule has 2 aromatic carbocycles. The third-order valence-corrected chi connectivity index (χ3v) is 7.33. The first-order valence-electron chi connectivity index (χ1n) is 10.2. The lowest BCUT2D eigenvalue weighted by Gasteiger charge is -2.25. The molecule has 4 nitrogen and oxygen atoms in total. The van der Waals surface area contributed by atoms with Crippen LogP contribution in [0.1, 0.15) is 30.4 Å². The van der Waals surface area contributed by atoms with Gasteiger partial charge in [-0.2, -0.15) is 5.26 Å². The summed E-state index contributed by atoms with van der Waals surface area (Å²) < 4.78 is 4.38. The van der Waals surface area contributed by atoms with Crippen LogP contribution in [0.2, 0.25) is 0 Å². The Hall–Kier alpha value is -2.52. The fourth-order valence-corrected chi connectivity index (χ4v) is 5.88. The SMILES string of the molecule is CN[C@H]1C[C@H]2CC[C@@H]1N2Cc1cccc(-c2ccc(C#N)cc2)c1-c1ccns1. The van der Waals surface area contributed by atoms with Crippen molar-refractivity contribution in [2.75, 3.05) is 7.05 Å². The van der Waals surface area contributed by atoms with Gasteiger partial charge in [-0.25, -0.2) is 4.37 Å². The summed E-state index contributed by atoms with van der Waals surface area (Å²) in [6.07, 6.45) is 5.75. The van der Waals surface area contributed by atoms with Crippen LogP contribution in [0.15, 0.2) is 54.7 Å². The fourth-order valence-electron chi connectivity index (χ4n) is 5.19. The van der Waals surface area contributed by atoms with Crippen molar-refractivity contribution in [2.45, 2.75) is 43.9 Å². The van der Waals surface area contributed by atoms with Gasteiger partial charge in [0.05, 0.1) is 16.5 Å². The van der Waals surface area contributed by atoms with E-state index >= 15 is 0 Å². The van der Waals surface area contributed by atoms with Crippen molar-refractivity contribution < 1.29 is 0 Å². The molecule has 5 rings (SSSR count). The Labute approximate surface area is 176 Å². The van der Waals surface area contributed by atoms with E-state index in [1.54, 1.807) is 11.5 Å². The van der Waals surface area contributed by atoms with E-state index < -0.39 is 0 Å². The van der Waals surface area contributed by atoms with Crippen molar-refractivity contribution in [3.8, 4) is 27.6 Å².